The Hall–Kier alpha value is -3.93. The van der Waals surface area contributed by atoms with Crippen LogP contribution in [0, 0.1) is 0 Å². The van der Waals surface area contributed by atoms with Gasteiger partial charge in [0, 0.05) is 22.7 Å². The first-order valence-electron chi connectivity index (χ1n) is 9.55. The number of fused-ring (bicyclic) bond motifs is 3. The topological polar surface area (TPSA) is 77.5 Å². The second kappa shape index (κ2) is 8.21. The summed E-state index contributed by atoms with van der Waals surface area (Å²) < 4.78 is 9.97. The number of hydrogen-bond donors (Lipinski definition) is 1. The molecule has 0 unspecified atom stereocenters. The van der Waals surface area contributed by atoms with Gasteiger partial charge in [0.2, 0.25) is 0 Å². The maximum atomic E-state index is 12.6. The van der Waals surface area contributed by atoms with Crippen LogP contribution in [-0.2, 0) is 9.47 Å². The number of anilines is 2. The Morgan fingerprint density at radius 3 is 2.43 bits per heavy atom. The molecule has 0 saturated carbocycles. The van der Waals surface area contributed by atoms with Crippen LogP contribution in [0.4, 0.5) is 11.4 Å². The molecule has 0 aliphatic carbocycles. The summed E-state index contributed by atoms with van der Waals surface area (Å²) in [5.41, 5.74) is 2.90. The fourth-order valence-corrected chi connectivity index (χ4v) is 3.38. The van der Waals surface area contributed by atoms with Crippen LogP contribution in [0.25, 0.3) is 21.7 Å². The zero-order chi connectivity index (χ0) is 21.1. The first-order chi connectivity index (χ1) is 14.6. The fourth-order valence-electron chi connectivity index (χ4n) is 3.38. The molecule has 150 valence electrons. The predicted octanol–water partition coefficient (Wildman–Crippen LogP) is 5.09. The minimum Gasteiger partial charge on any atom is -0.465 e. The van der Waals surface area contributed by atoms with Gasteiger partial charge in [0.15, 0.2) is 0 Å². The standard InChI is InChI=1S/C24H20N2O4/c1-3-30-24(28)20-14-25-21-18-7-5-4-6-15(18)10-13-19(21)22(20)26-17-11-8-16(9-12-17)23(27)29-2/h4-14H,3H2,1-2H3,(H,25,26). The smallest absolute Gasteiger partial charge is 0.341 e. The number of nitrogens with zero attached hydrogens (tertiary/aromatic N) is 1. The van der Waals surface area contributed by atoms with E-state index in [9.17, 15) is 9.59 Å². The molecule has 6 nitrogen and oxygen atoms in total. The molecule has 0 amide bonds. The van der Waals surface area contributed by atoms with Crippen LogP contribution in [0.1, 0.15) is 27.6 Å². The van der Waals surface area contributed by atoms with Crippen molar-refractivity contribution in [2.24, 2.45) is 0 Å². The highest BCUT2D eigenvalue weighted by atomic mass is 16.5. The van der Waals surface area contributed by atoms with Crippen LogP contribution in [0.5, 0.6) is 0 Å². The zero-order valence-corrected chi connectivity index (χ0v) is 16.6. The highest BCUT2D eigenvalue weighted by molar-refractivity contribution is 6.13. The third-order valence-electron chi connectivity index (χ3n) is 4.83. The van der Waals surface area contributed by atoms with E-state index in [1.54, 1.807) is 31.2 Å². The number of ether oxygens (including phenoxy) is 2. The minimum absolute atomic E-state index is 0.266. The van der Waals surface area contributed by atoms with E-state index in [0.717, 1.165) is 21.7 Å². The summed E-state index contributed by atoms with van der Waals surface area (Å²) in [5.74, 6) is -0.858. The van der Waals surface area contributed by atoms with Gasteiger partial charge in [-0.1, -0.05) is 36.4 Å². The van der Waals surface area contributed by atoms with E-state index >= 15 is 0 Å². The number of esters is 2. The number of carbonyl (C=O) groups excluding carboxylic acids is 2. The van der Waals surface area contributed by atoms with E-state index in [1.807, 2.05) is 36.4 Å². The molecule has 0 saturated heterocycles. The monoisotopic (exact) mass is 400 g/mol. The summed E-state index contributed by atoms with van der Waals surface area (Å²) >= 11 is 0. The Balaban J connectivity index is 1.86. The molecule has 3 aromatic carbocycles. The second-order valence-corrected chi connectivity index (χ2v) is 6.64. The number of aromatic nitrogens is 1. The van der Waals surface area contributed by atoms with Crippen molar-refractivity contribution in [1.29, 1.82) is 0 Å². The number of pyridine rings is 1. The largest absolute Gasteiger partial charge is 0.465 e. The summed E-state index contributed by atoms with van der Waals surface area (Å²) in [6, 6.07) is 18.7. The maximum Gasteiger partial charge on any atom is 0.341 e. The molecular weight excluding hydrogens is 380 g/mol. The Kier molecular flexibility index (Phi) is 5.30. The molecule has 0 fully saturated rings. The molecule has 0 aliphatic heterocycles. The lowest BCUT2D eigenvalue weighted by Gasteiger charge is -2.15. The van der Waals surface area contributed by atoms with Gasteiger partial charge < -0.3 is 14.8 Å². The first kappa shape index (κ1) is 19.4. The third kappa shape index (κ3) is 3.55. The molecular formula is C24H20N2O4. The Morgan fingerprint density at radius 2 is 1.70 bits per heavy atom. The number of benzene rings is 3. The zero-order valence-electron chi connectivity index (χ0n) is 16.6. The highest BCUT2D eigenvalue weighted by Gasteiger charge is 2.18. The average molecular weight is 400 g/mol. The van der Waals surface area contributed by atoms with Gasteiger partial charge in [-0.2, -0.15) is 0 Å². The molecule has 30 heavy (non-hydrogen) atoms. The number of carbonyl (C=O) groups is 2. The first-order valence-corrected chi connectivity index (χ1v) is 9.55. The normalized spacial score (nSPS) is 10.7. The SMILES string of the molecule is CCOC(=O)c1cnc2c(ccc3ccccc32)c1Nc1ccc(C(=O)OC)cc1. The molecule has 4 rings (SSSR count). The van der Waals surface area contributed by atoms with Crippen LogP contribution < -0.4 is 5.32 Å². The van der Waals surface area contributed by atoms with Gasteiger partial charge in [0.1, 0.15) is 5.56 Å². The highest BCUT2D eigenvalue weighted by Crippen LogP contribution is 2.33. The van der Waals surface area contributed by atoms with Gasteiger partial charge >= 0.3 is 11.9 Å². The molecule has 0 atom stereocenters. The average Bonchev–Trinajstić information content (AvgIpc) is 2.79. The van der Waals surface area contributed by atoms with Crippen LogP contribution in [-0.4, -0.2) is 30.6 Å². The van der Waals surface area contributed by atoms with Crippen LogP contribution in [0.3, 0.4) is 0 Å². The Morgan fingerprint density at radius 1 is 0.933 bits per heavy atom. The minimum atomic E-state index is -0.450. The van der Waals surface area contributed by atoms with Crippen molar-refractivity contribution in [1.82, 2.24) is 4.98 Å². The van der Waals surface area contributed by atoms with Gasteiger partial charge in [0.05, 0.1) is 30.5 Å². The van der Waals surface area contributed by atoms with Crippen molar-refractivity contribution in [2.45, 2.75) is 6.92 Å². The van der Waals surface area contributed by atoms with Gasteiger partial charge in [-0.15, -0.1) is 0 Å². The Labute approximate surface area is 173 Å². The number of nitrogens with one attached hydrogen (secondary N) is 1. The van der Waals surface area contributed by atoms with E-state index in [2.05, 4.69) is 10.3 Å². The van der Waals surface area contributed by atoms with Crippen molar-refractivity contribution in [3.8, 4) is 0 Å². The van der Waals surface area contributed by atoms with Crippen molar-refractivity contribution in [3.63, 3.8) is 0 Å². The second-order valence-electron chi connectivity index (χ2n) is 6.64. The van der Waals surface area contributed by atoms with Gasteiger partial charge in [-0.3, -0.25) is 4.98 Å². The Bertz CT molecular complexity index is 1250. The number of hydrogen-bond acceptors (Lipinski definition) is 6. The fraction of sp³-hybridized carbons (Fsp3) is 0.125. The summed E-state index contributed by atoms with van der Waals surface area (Å²) in [7, 11) is 1.34. The van der Waals surface area contributed by atoms with Crippen LogP contribution >= 0.6 is 0 Å². The molecule has 1 N–H and O–H groups in total. The third-order valence-corrected chi connectivity index (χ3v) is 4.83. The van der Waals surface area contributed by atoms with E-state index in [-0.39, 0.29) is 6.61 Å². The summed E-state index contributed by atoms with van der Waals surface area (Å²) in [5, 5.41) is 6.17. The van der Waals surface area contributed by atoms with E-state index < -0.39 is 11.9 Å². The molecule has 1 aromatic heterocycles. The van der Waals surface area contributed by atoms with Crippen molar-refractivity contribution >= 4 is 45.0 Å². The molecule has 0 bridgehead atoms. The molecule has 6 heteroatoms. The lowest BCUT2D eigenvalue weighted by atomic mass is 10.0. The lowest BCUT2D eigenvalue weighted by Crippen LogP contribution is -2.09. The predicted molar refractivity (Wildman–Crippen MR) is 116 cm³/mol. The van der Waals surface area contributed by atoms with Gasteiger partial charge in [-0.05, 0) is 36.6 Å². The van der Waals surface area contributed by atoms with Crippen molar-refractivity contribution < 1.29 is 19.1 Å². The summed E-state index contributed by atoms with van der Waals surface area (Å²) in [6.07, 6.45) is 1.54. The number of methoxy groups -OCH3 is 1. The van der Waals surface area contributed by atoms with Gasteiger partial charge in [-0.25, -0.2) is 9.59 Å². The van der Waals surface area contributed by atoms with E-state index in [1.165, 1.54) is 13.3 Å². The number of rotatable bonds is 5. The van der Waals surface area contributed by atoms with Crippen molar-refractivity contribution in [3.05, 3.63) is 78.0 Å². The molecule has 0 spiro atoms. The van der Waals surface area contributed by atoms with Crippen LogP contribution in [0.15, 0.2) is 66.9 Å². The molecule has 0 aliphatic rings. The molecule has 4 aromatic rings. The van der Waals surface area contributed by atoms with Gasteiger partial charge in [0.25, 0.3) is 0 Å². The van der Waals surface area contributed by atoms with Crippen molar-refractivity contribution in [2.75, 3.05) is 19.0 Å². The molecule has 0 radical (unpaired) electrons. The summed E-state index contributed by atoms with van der Waals surface area (Å²) in [6.45, 7) is 2.03. The maximum absolute atomic E-state index is 12.6. The lowest BCUT2D eigenvalue weighted by molar-refractivity contribution is 0.0526. The van der Waals surface area contributed by atoms with E-state index in [4.69, 9.17) is 9.47 Å². The van der Waals surface area contributed by atoms with Crippen LogP contribution in [0.2, 0.25) is 0 Å². The summed E-state index contributed by atoms with van der Waals surface area (Å²) in [4.78, 5) is 28.8. The van der Waals surface area contributed by atoms with E-state index in [0.29, 0.717) is 22.5 Å². The quantitative estimate of drug-likeness (QED) is 0.371. The molecule has 1 heterocycles.